The van der Waals surface area contributed by atoms with E-state index in [2.05, 4.69) is 4.98 Å². The zero-order valence-electron chi connectivity index (χ0n) is 8.39. The molecule has 0 spiro atoms. The lowest BCUT2D eigenvalue weighted by Gasteiger charge is -2.03. The average molecular weight is 221 g/mol. The summed E-state index contributed by atoms with van der Waals surface area (Å²) in [5.74, 6) is -1.13. The van der Waals surface area contributed by atoms with Crippen molar-refractivity contribution in [2.75, 3.05) is 0 Å². The van der Waals surface area contributed by atoms with Crippen molar-refractivity contribution in [1.82, 2.24) is 4.98 Å². The van der Waals surface area contributed by atoms with Crippen LogP contribution in [0.1, 0.15) is 24.5 Å². The van der Waals surface area contributed by atoms with Gasteiger partial charge in [0.2, 0.25) is 0 Å². The lowest BCUT2D eigenvalue weighted by atomic mass is 10.1. The normalized spacial score (nSPS) is 15.6. The number of pyridine rings is 1. The topological polar surface area (TPSA) is 32.9 Å². The number of nitrogens with one attached hydrogen (secondary N) is 1. The quantitative estimate of drug-likeness (QED) is 0.789. The van der Waals surface area contributed by atoms with Crippen LogP contribution < -0.4 is 5.43 Å². The number of aromatic amines is 1. The number of H-pyrrole nitrogens is 1. The van der Waals surface area contributed by atoms with Gasteiger partial charge in [0.05, 0.1) is 10.9 Å². The first-order valence-corrected chi connectivity index (χ1v) is 5.17. The van der Waals surface area contributed by atoms with Crippen LogP contribution in [0.25, 0.3) is 10.9 Å². The molecule has 0 saturated heterocycles. The molecule has 0 amide bonds. The maximum absolute atomic E-state index is 13.4. The molecule has 2 nitrogen and oxygen atoms in total. The van der Waals surface area contributed by atoms with Crippen molar-refractivity contribution in [3.05, 3.63) is 45.8 Å². The Morgan fingerprint density at radius 3 is 2.62 bits per heavy atom. The van der Waals surface area contributed by atoms with Crippen molar-refractivity contribution >= 4 is 10.9 Å². The Morgan fingerprint density at radius 1 is 1.19 bits per heavy atom. The predicted octanol–water partition coefficient (Wildman–Crippen LogP) is 2.68. The second kappa shape index (κ2) is 3.14. The summed E-state index contributed by atoms with van der Waals surface area (Å²) in [7, 11) is 0. The van der Waals surface area contributed by atoms with E-state index in [1.807, 2.05) is 0 Å². The first-order valence-electron chi connectivity index (χ1n) is 5.17. The molecule has 1 heterocycles. The molecule has 1 saturated carbocycles. The number of hydrogen-bond donors (Lipinski definition) is 1. The zero-order chi connectivity index (χ0) is 11.3. The van der Waals surface area contributed by atoms with Gasteiger partial charge in [-0.05, 0) is 24.8 Å². The summed E-state index contributed by atoms with van der Waals surface area (Å²) in [4.78, 5) is 14.6. The van der Waals surface area contributed by atoms with Crippen molar-refractivity contribution in [2.45, 2.75) is 18.8 Å². The molecule has 1 aliphatic rings. The Morgan fingerprint density at radius 2 is 1.94 bits per heavy atom. The molecule has 0 atom stereocenters. The van der Waals surface area contributed by atoms with Gasteiger partial charge < -0.3 is 4.98 Å². The minimum atomic E-state index is -0.807. The van der Waals surface area contributed by atoms with Gasteiger partial charge in [-0.2, -0.15) is 0 Å². The lowest BCUT2D eigenvalue weighted by molar-refractivity contribution is 0.591. The van der Waals surface area contributed by atoms with E-state index < -0.39 is 11.6 Å². The summed E-state index contributed by atoms with van der Waals surface area (Å²) in [5, 5.41) is -0.0641. The van der Waals surface area contributed by atoms with Crippen molar-refractivity contribution in [3.8, 4) is 0 Å². The summed E-state index contributed by atoms with van der Waals surface area (Å²) in [6, 6.07) is 3.31. The highest BCUT2D eigenvalue weighted by Gasteiger charge is 2.25. The summed E-state index contributed by atoms with van der Waals surface area (Å²) in [6.07, 6.45) is 2.05. The second-order valence-corrected chi connectivity index (χ2v) is 4.17. The number of rotatable bonds is 1. The molecule has 1 aromatic carbocycles. The highest BCUT2D eigenvalue weighted by atomic mass is 19.1. The first-order chi connectivity index (χ1) is 7.65. The van der Waals surface area contributed by atoms with Crippen molar-refractivity contribution in [2.24, 2.45) is 0 Å². The van der Waals surface area contributed by atoms with E-state index in [0.717, 1.165) is 30.7 Å². The SMILES string of the molecule is O=c1cc(C2CC2)[nH]c2cc(F)cc(F)c12. The third-order valence-electron chi connectivity index (χ3n) is 2.88. The van der Waals surface area contributed by atoms with Gasteiger partial charge in [0.25, 0.3) is 0 Å². The van der Waals surface area contributed by atoms with Gasteiger partial charge in [0, 0.05) is 17.8 Å². The number of fused-ring (bicyclic) bond motifs is 1. The predicted molar refractivity (Wildman–Crippen MR) is 56.5 cm³/mol. The van der Waals surface area contributed by atoms with Crippen LogP contribution >= 0.6 is 0 Å². The number of halogens is 2. The van der Waals surface area contributed by atoms with Crippen LogP contribution in [0.3, 0.4) is 0 Å². The molecule has 0 radical (unpaired) electrons. The highest BCUT2D eigenvalue weighted by molar-refractivity contribution is 5.79. The molecule has 1 N–H and O–H groups in total. The third kappa shape index (κ3) is 1.41. The number of benzene rings is 1. The Kier molecular flexibility index (Phi) is 1.87. The molecule has 1 fully saturated rings. The molecule has 0 unspecified atom stereocenters. The van der Waals surface area contributed by atoms with Gasteiger partial charge in [0.1, 0.15) is 11.6 Å². The van der Waals surface area contributed by atoms with Crippen molar-refractivity contribution in [3.63, 3.8) is 0 Å². The van der Waals surface area contributed by atoms with E-state index in [-0.39, 0.29) is 16.3 Å². The van der Waals surface area contributed by atoms with Gasteiger partial charge in [0.15, 0.2) is 5.43 Å². The van der Waals surface area contributed by atoms with Crippen LogP contribution in [0.4, 0.5) is 8.78 Å². The van der Waals surface area contributed by atoms with Crippen LogP contribution in [0.5, 0.6) is 0 Å². The highest BCUT2D eigenvalue weighted by Crippen LogP contribution is 2.38. The van der Waals surface area contributed by atoms with Crippen LogP contribution in [-0.2, 0) is 0 Å². The number of aromatic nitrogens is 1. The van der Waals surface area contributed by atoms with E-state index in [0.29, 0.717) is 5.92 Å². The number of hydrogen-bond acceptors (Lipinski definition) is 1. The molecule has 1 aromatic heterocycles. The molecule has 0 bridgehead atoms. The second-order valence-electron chi connectivity index (χ2n) is 4.17. The lowest BCUT2D eigenvalue weighted by Crippen LogP contribution is -2.07. The van der Waals surface area contributed by atoms with E-state index in [1.54, 1.807) is 0 Å². The van der Waals surface area contributed by atoms with Gasteiger partial charge in [-0.3, -0.25) is 4.79 Å². The molecular weight excluding hydrogens is 212 g/mol. The van der Waals surface area contributed by atoms with Crippen molar-refractivity contribution < 1.29 is 8.78 Å². The van der Waals surface area contributed by atoms with E-state index in [9.17, 15) is 13.6 Å². The van der Waals surface area contributed by atoms with Crippen LogP contribution in [0.15, 0.2) is 23.0 Å². The van der Waals surface area contributed by atoms with Gasteiger partial charge >= 0.3 is 0 Å². The van der Waals surface area contributed by atoms with E-state index >= 15 is 0 Å². The van der Waals surface area contributed by atoms with Gasteiger partial charge in [-0.1, -0.05) is 0 Å². The molecule has 3 rings (SSSR count). The fourth-order valence-electron chi connectivity index (χ4n) is 1.94. The molecule has 0 aliphatic heterocycles. The maximum Gasteiger partial charge on any atom is 0.192 e. The van der Waals surface area contributed by atoms with E-state index in [4.69, 9.17) is 0 Å². The minimum Gasteiger partial charge on any atom is -0.358 e. The standard InChI is InChI=1S/C12H9F2NO/c13-7-3-8(14)12-10(4-7)15-9(5-11(12)16)6-1-2-6/h3-6H,1-2H2,(H,15,16). The fourth-order valence-corrected chi connectivity index (χ4v) is 1.94. The molecular formula is C12H9F2NO. The first kappa shape index (κ1) is 9.51. The van der Waals surface area contributed by atoms with Gasteiger partial charge in [-0.25, -0.2) is 8.78 Å². The minimum absolute atomic E-state index is 0.0641. The monoisotopic (exact) mass is 221 g/mol. The summed E-state index contributed by atoms with van der Waals surface area (Å²) in [5.41, 5.74) is 0.641. The Hall–Kier alpha value is -1.71. The third-order valence-corrected chi connectivity index (χ3v) is 2.88. The molecule has 1 aliphatic carbocycles. The van der Waals surface area contributed by atoms with Crippen molar-refractivity contribution in [1.29, 1.82) is 0 Å². The average Bonchev–Trinajstić information content (AvgIpc) is 2.97. The van der Waals surface area contributed by atoms with Crippen LogP contribution in [0, 0.1) is 11.6 Å². The Bertz CT molecular complexity index is 629. The smallest absolute Gasteiger partial charge is 0.192 e. The molecule has 2 aromatic rings. The summed E-state index contributed by atoms with van der Waals surface area (Å²) in [6.45, 7) is 0. The summed E-state index contributed by atoms with van der Waals surface area (Å²) >= 11 is 0. The fraction of sp³-hybridized carbons (Fsp3) is 0.250. The Labute approximate surface area is 89.9 Å². The van der Waals surface area contributed by atoms with E-state index in [1.165, 1.54) is 6.07 Å². The largest absolute Gasteiger partial charge is 0.358 e. The molecule has 82 valence electrons. The zero-order valence-corrected chi connectivity index (χ0v) is 8.39. The summed E-state index contributed by atoms with van der Waals surface area (Å²) < 4.78 is 26.4. The molecule has 16 heavy (non-hydrogen) atoms. The van der Waals surface area contributed by atoms with Gasteiger partial charge in [-0.15, -0.1) is 0 Å². The maximum atomic E-state index is 13.4. The van der Waals surface area contributed by atoms with Crippen LogP contribution in [-0.4, -0.2) is 4.98 Å². The molecule has 4 heteroatoms. The Balaban J connectivity index is 2.37. The van der Waals surface area contributed by atoms with Crippen LogP contribution in [0.2, 0.25) is 0 Å².